The first-order chi connectivity index (χ1) is 3.70. The van der Waals surface area contributed by atoms with E-state index in [1.54, 1.807) is 0 Å². The highest BCUT2D eigenvalue weighted by atomic mass is 35.5. The van der Waals surface area contributed by atoms with E-state index in [1.807, 2.05) is 0 Å². The van der Waals surface area contributed by atoms with Gasteiger partial charge in [-0.25, -0.2) is 0 Å². The molecule has 3 nitrogen and oxygen atoms in total. The standard InChI is InChI=1S/C5H9NO2.ClH/c6-4-1-3(2-4)5(7)8;/h3-4H,1-2,6H2,(H,7,8);1H. The van der Waals surface area contributed by atoms with Gasteiger partial charge in [0.15, 0.2) is 0 Å². The predicted octanol–water partition coefficient (Wildman–Crippen LogP) is 0.230. The van der Waals surface area contributed by atoms with Gasteiger partial charge >= 0.3 is 5.97 Å². The SMILES string of the molecule is Cl.NC1CC(C(=O)O)C1. The summed E-state index contributed by atoms with van der Waals surface area (Å²) in [5, 5.41) is 8.30. The maximum atomic E-state index is 10.1. The second kappa shape index (κ2) is 3.03. The number of halogens is 1. The Kier molecular flexibility index (Phi) is 2.94. The Morgan fingerprint density at radius 3 is 2.11 bits per heavy atom. The van der Waals surface area contributed by atoms with E-state index >= 15 is 0 Å². The number of rotatable bonds is 1. The molecule has 0 heterocycles. The number of hydrogen-bond donors (Lipinski definition) is 2. The molecule has 0 atom stereocenters. The lowest BCUT2D eigenvalue weighted by atomic mass is 9.81. The smallest absolute Gasteiger partial charge is 0.306 e. The lowest BCUT2D eigenvalue weighted by molar-refractivity contribution is -0.145. The normalized spacial score (nSPS) is 32.1. The second-order valence-corrected chi connectivity index (χ2v) is 2.27. The molecule has 54 valence electrons. The fourth-order valence-corrected chi connectivity index (χ4v) is 0.864. The van der Waals surface area contributed by atoms with Gasteiger partial charge in [0.05, 0.1) is 5.92 Å². The summed E-state index contributed by atoms with van der Waals surface area (Å²) < 4.78 is 0. The maximum Gasteiger partial charge on any atom is 0.306 e. The van der Waals surface area contributed by atoms with Crippen molar-refractivity contribution in [3.63, 3.8) is 0 Å². The highest BCUT2D eigenvalue weighted by molar-refractivity contribution is 5.85. The van der Waals surface area contributed by atoms with Crippen LogP contribution in [0.4, 0.5) is 0 Å². The number of aliphatic carboxylic acids is 1. The van der Waals surface area contributed by atoms with Gasteiger partial charge < -0.3 is 10.8 Å². The fourth-order valence-electron chi connectivity index (χ4n) is 0.864. The zero-order valence-electron chi connectivity index (χ0n) is 4.91. The Bertz CT molecular complexity index is 112. The zero-order chi connectivity index (χ0) is 6.15. The van der Waals surface area contributed by atoms with Gasteiger partial charge in [-0.3, -0.25) is 4.79 Å². The first-order valence-corrected chi connectivity index (χ1v) is 2.68. The van der Waals surface area contributed by atoms with Crippen LogP contribution in [0.25, 0.3) is 0 Å². The van der Waals surface area contributed by atoms with Gasteiger partial charge in [-0.1, -0.05) is 0 Å². The first-order valence-electron chi connectivity index (χ1n) is 2.68. The van der Waals surface area contributed by atoms with E-state index in [4.69, 9.17) is 10.8 Å². The van der Waals surface area contributed by atoms with Crippen molar-refractivity contribution in [1.29, 1.82) is 0 Å². The third kappa shape index (κ3) is 1.84. The maximum absolute atomic E-state index is 10.1. The molecule has 1 aliphatic carbocycles. The highest BCUT2D eigenvalue weighted by Crippen LogP contribution is 2.24. The number of carbonyl (C=O) groups is 1. The molecular weight excluding hydrogens is 142 g/mol. The molecule has 1 saturated carbocycles. The van der Waals surface area contributed by atoms with E-state index in [1.165, 1.54) is 0 Å². The van der Waals surface area contributed by atoms with Gasteiger partial charge in [0.25, 0.3) is 0 Å². The molecule has 0 aromatic heterocycles. The van der Waals surface area contributed by atoms with Crippen LogP contribution in [0.15, 0.2) is 0 Å². The van der Waals surface area contributed by atoms with Crippen molar-refractivity contribution in [2.75, 3.05) is 0 Å². The minimum Gasteiger partial charge on any atom is -0.481 e. The van der Waals surface area contributed by atoms with Crippen LogP contribution in [0, 0.1) is 5.92 Å². The van der Waals surface area contributed by atoms with Crippen molar-refractivity contribution >= 4 is 18.4 Å². The van der Waals surface area contributed by atoms with Gasteiger partial charge in [0, 0.05) is 6.04 Å². The van der Waals surface area contributed by atoms with Crippen LogP contribution in [0.2, 0.25) is 0 Å². The van der Waals surface area contributed by atoms with Gasteiger partial charge in [-0.2, -0.15) is 0 Å². The van der Waals surface area contributed by atoms with E-state index in [0.717, 1.165) is 0 Å². The van der Waals surface area contributed by atoms with Crippen molar-refractivity contribution in [2.24, 2.45) is 11.7 Å². The van der Waals surface area contributed by atoms with Crippen LogP contribution in [-0.2, 0) is 4.79 Å². The Labute approximate surface area is 59.6 Å². The second-order valence-electron chi connectivity index (χ2n) is 2.27. The highest BCUT2D eigenvalue weighted by Gasteiger charge is 2.31. The summed E-state index contributed by atoms with van der Waals surface area (Å²) in [6.45, 7) is 0. The van der Waals surface area contributed by atoms with Gasteiger partial charge in [-0.15, -0.1) is 12.4 Å². The predicted molar refractivity (Wildman–Crippen MR) is 35.6 cm³/mol. The van der Waals surface area contributed by atoms with E-state index in [9.17, 15) is 4.79 Å². The lowest BCUT2D eigenvalue weighted by Gasteiger charge is -2.28. The molecule has 0 radical (unpaired) electrons. The van der Waals surface area contributed by atoms with Gasteiger partial charge in [0.1, 0.15) is 0 Å². The molecule has 4 heteroatoms. The van der Waals surface area contributed by atoms with Crippen molar-refractivity contribution in [2.45, 2.75) is 18.9 Å². The number of carboxylic acid groups (broad SMARTS) is 1. The van der Waals surface area contributed by atoms with Crippen LogP contribution < -0.4 is 5.73 Å². The molecule has 1 rings (SSSR count). The fraction of sp³-hybridized carbons (Fsp3) is 0.800. The molecule has 0 spiro atoms. The molecule has 0 aromatic rings. The number of carboxylic acids is 1. The van der Waals surface area contributed by atoms with E-state index in [-0.39, 0.29) is 24.4 Å². The van der Waals surface area contributed by atoms with Gasteiger partial charge in [0.2, 0.25) is 0 Å². The van der Waals surface area contributed by atoms with Crippen molar-refractivity contribution in [1.82, 2.24) is 0 Å². The van der Waals surface area contributed by atoms with Crippen molar-refractivity contribution in [3.8, 4) is 0 Å². The molecule has 0 amide bonds. The topological polar surface area (TPSA) is 63.3 Å². The first kappa shape index (κ1) is 8.72. The number of nitrogens with two attached hydrogens (primary N) is 1. The molecule has 1 aliphatic rings. The minimum atomic E-state index is -0.702. The van der Waals surface area contributed by atoms with Crippen molar-refractivity contribution < 1.29 is 9.90 Å². The Balaban J connectivity index is 0.000000640. The van der Waals surface area contributed by atoms with E-state index in [2.05, 4.69) is 0 Å². The van der Waals surface area contributed by atoms with Gasteiger partial charge in [-0.05, 0) is 12.8 Å². The summed E-state index contributed by atoms with van der Waals surface area (Å²) in [7, 11) is 0. The van der Waals surface area contributed by atoms with Crippen LogP contribution >= 0.6 is 12.4 Å². The lowest BCUT2D eigenvalue weighted by Crippen LogP contribution is -2.40. The summed E-state index contributed by atoms with van der Waals surface area (Å²) in [6.07, 6.45) is 1.32. The summed E-state index contributed by atoms with van der Waals surface area (Å²) in [4.78, 5) is 10.1. The molecule has 0 unspecified atom stereocenters. The third-order valence-electron chi connectivity index (χ3n) is 1.52. The van der Waals surface area contributed by atoms with Crippen LogP contribution in [0.3, 0.4) is 0 Å². The molecule has 0 aromatic carbocycles. The summed E-state index contributed by atoms with van der Waals surface area (Å²) in [5.41, 5.74) is 5.34. The summed E-state index contributed by atoms with van der Waals surface area (Å²) in [6, 6.07) is 0.149. The average molecular weight is 152 g/mol. The Morgan fingerprint density at radius 2 is 2.00 bits per heavy atom. The summed E-state index contributed by atoms with van der Waals surface area (Å²) in [5.74, 6) is -0.850. The monoisotopic (exact) mass is 151 g/mol. The van der Waals surface area contributed by atoms with Crippen LogP contribution in [0.1, 0.15) is 12.8 Å². The molecule has 0 aliphatic heterocycles. The molecule has 0 bridgehead atoms. The Morgan fingerprint density at radius 1 is 1.56 bits per heavy atom. The molecular formula is C5H10ClNO2. The largest absolute Gasteiger partial charge is 0.481 e. The summed E-state index contributed by atoms with van der Waals surface area (Å²) >= 11 is 0. The molecule has 9 heavy (non-hydrogen) atoms. The Hall–Kier alpha value is -0.280. The van der Waals surface area contributed by atoms with E-state index in [0.29, 0.717) is 12.8 Å². The zero-order valence-corrected chi connectivity index (χ0v) is 5.73. The molecule has 0 saturated heterocycles. The molecule has 3 N–H and O–H groups in total. The minimum absolute atomic E-state index is 0. The van der Waals surface area contributed by atoms with Crippen molar-refractivity contribution in [3.05, 3.63) is 0 Å². The average Bonchev–Trinajstić information content (AvgIpc) is 1.57. The van der Waals surface area contributed by atoms with E-state index < -0.39 is 5.97 Å². The van der Waals surface area contributed by atoms with Crippen LogP contribution in [0.5, 0.6) is 0 Å². The quantitative estimate of drug-likeness (QED) is 0.564. The van der Waals surface area contributed by atoms with Crippen LogP contribution in [-0.4, -0.2) is 17.1 Å². The third-order valence-corrected chi connectivity index (χ3v) is 1.52. The number of hydrogen-bond acceptors (Lipinski definition) is 2. The molecule has 1 fully saturated rings.